The Balaban J connectivity index is 3.35. The van der Waals surface area contributed by atoms with Crippen LogP contribution in [0, 0.1) is 0 Å². The molecule has 5 nitrogen and oxygen atoms in total. The first-order chi connectivity index (χ1) is 8.35. The molecule has 1 unspecified atom stereocenters. The van der Waals surface area contributed by atoms with E-state index in [1.807, 2.05) is 20.8 Å². The van der Waals surface area contributed by atoms with Gasteiger partial charge in [-0.3, -0.25) is 4.79 Å². The van der Waals surface area contributed by atoms with Gasteiger partial charge in [0, 0.05) is 25.2 Å². The Morgan fingerprint density at radius 3 is 2.67 bits per heavy atom. The molecule has 0 aromatic rings. The van der Waals surface area contributed by atoms with Crippen molar-refractivity contribution in [3.63, 3.8) is 0 Å². The molecule has 6 heteroatoms. The van der Waals surface area contributed by atoms with Gasteiger partial charge in [-0.1, -0.05) is 0 Å². The SMILES string of the molecule is CC(C)(C)NCC(F)COCCCNC(=O)CO. The van der Waals surface area contributed by atoms with Crippen LogP contribution in [0.2, 0.25) is 0 Å². The molecule has 3 N–H and O–H groups in total. The largest absolute Gasteiger partial charge is 0.387 e. The lowest BCUT2D eigenvalue weighted by Crippen LogP contribution is -2.40. The van der Waals surface area contributed by atoms with Gasteiger partial charge < -0.3 is 20.5 Å². The second kappa shape index (κ2) is 9.24. The Hall–Kier alpha value is -0.720. The van der Waals surface area contributed by atoms with Crippen molar-refractivity contribution in [3.8, 4) is 0 Å². The number of amides is 1. The third-order valence-electron chi connectivity index (χ3n) is 2.08. The van der Waals surface area contributed by atoms with E-state index in [1.165, 1.54) is 0 Å². The van der Waals surface area contributed by atoms with Gasteiger partial charge in [-0.25, -0.2) is 4.39 Å². The lowest BCUT2D eigenvalue weighted by Gasteiger charge is -2.21. The number of alkyl halides is 1. The lowest BCUT2D eigenvalue weighted by atomic mass is 10.1. The molecule has 108 valence electrons. The van der Waals surface area contributed by atoms with Gasteiger partial charge in [0.1, 0.15) is 12.8 Å². The number of aliphatic hydroxyl groups is 1. The maximum Gasteiger partial charge on any atom is 0.245 e. The van der Waals surface area contributed by atoms with Crippen LogP contribution in [0.15, 0.2) is 0 Å². The van der Waals surface area contributed by atoms with Crippen LogP contribution < -0.4 is 10.6 Å². The molecule has 0 saturated carbocycles. The van der Waals surface area contributed by atoms with Gasteiger partial charge in [-0.15, -0.1) is 0 Å². The molecular weight excluding hydrogens is 239 g/mol. The van der Waals surface area contributed by atoms with Crippen LogP contribution in [0.4, 0.5) is 4.39 Å². The summed E-state index contributed by atoms with van der Waals surface area (Å²) in [6.45, 7) is 6.56. The van der Waals surface area contributed by atoms with E-state index in [2.05, 4.69) is 10.6 Å². The topological polar surface area (TPSA) is 70.6 Å². The van der Waals surface area contributed by atoms with Gasteiger partial charge in [0.15, 0.2) is 0 Å². The lowest BCUT2D eigenvalue weighted by molar-refractivity contribution is -0.123. The summed E-state index contributed by atoms with van der Waals surface area (Å²) in [5.74, 6) is -0.409. The number of nitrogens with one attached hydrogen (secondary N) is 2. The van der Waals surface area contributed by atoms with Crippen LogP contribution in [0.5, 0.6) is 0 Å². The third-order valence-corrected chi connectivity index (χ3v) is 2.08. The maximum atomic E-state index is 13.3. The molecule has 0 heterocycles. The van der Waals surface area contributed by atoms with Crippen molar-refractivity contribution >= 4 is 5.91 Å². The van der Waals surface area contributed by atoms with E-state index in [0.717, 1.165) is 0 Å². The molecule has 0 aromatic carbocycles. The Morgan fingerprint density at radius 2 is 2.11 bits per heavy atom. The zero-order valence-electron chi connectivity index (χ0n) is 11.5. The van der Waals surface area contributed by atoms with E-state index < -0.39 is 18.7 Å². The Kier molecular flexibility index (Phi) is 8.87. The summed E-state index contributed by atoms with van der Waals surface area (Å²) >= 11 is 0. The predicted molar refractivity (Wildman–Crippen MR) is 68.2 cm³/mol. The molecule has 0 saturated heterocycles. The number of hydrogen-bond donors (Lipinski definition) is 3. The minimum absolute atomic E-state index is 0.0526. The average molecular weight is 264 g/mol. The summed E-state index contributed by atoms with van der Waals surface area (Å²) in [5, 5.41) is 14.0. The highest BCUT2D eigenvalue weighted by Gasteiger charge is 2.13. The molecule has 1 atom stereocenters. The standard InChI is InChI=1S/C12H25FN2O3/c1-12(2,3)15-7-10(13)9-18-6-4-5-14-11(17)8-16/h10,15-16H,4-9H2,1-3H3,(H,14,17). The number of halogens is 1. The monoisotopic (exact) mass is 264 g/mol. The van der Waals surface area contributed by atoms with Crippen molar-refractivity contribution in [2.24, 2.45) is 0 Å². The number of hydrogen-bond acceptors (Lipinski definition) is 4. The first-order valence-corrected chi connectivity index (χ1v) is 6.19. The predicted octanol–water partition coefficient (Wildman–Crippen LogP) is 0.228. The van der Waals surface area contributed by atoms with E-state index in [9.17, 15) is 9.18 Å². The highest BCUT2D eigenvalue weighted by molar-refractivity contribution is 5.76. The maximum absolute atomic E-state index is 13.3. The molecule has 0 bridgehead atoms. The molecule has 0 aliphatic rings. The van der Waals surface area contributed by atoms with Crippen molar-refractivity contribution in [2.75, 3.05) is 32.9 Å². The highest BCUT2D eigenvalue weighted by Crippen LogP contribution is 2.00. The first-order valence-electron chi connectivity index (χ1n) is 6.19. The molecule has 0 aliphatic heterocycles. The Bertz CT molecular complexity index is 232. The molecule has 0 radical (unpaired) electrons. The van der Waals surface area contributed by atoms with E-state index in [4.69, 9.17) is 9.84 Å². The smallest absolute Gasteiger partial charge is 0.245 e. The van der Waals surface area contributed by atoms with Crippen LogP contribution >= 0.6 is 0 Å². The molecule has 0 spiro atoms. The van der Waals surface area contributed by atoms with E-state index in [1.54, 1.807) is 0 Å². The normalized spacial score (nSPS) is 13.4. The second-order valence-electron chi connectivity index (χ2n) is 5.16. The Labute approximate surface area is 108 Å². The van der Waals surface area contributed by atoms with Crippen molar-refractivity contribution in [2.45, 2.75) is 38.9 Å². The third kappa shape index (κ3) is 11.8. The fourth-order valence-corrected chi connectivity index (χ4v) is 1.15. The van der Waals surface area contributed by atoms with Crippen molar-refractivity contribution in [1.82, 2.24) is 10.6 Å². The van der Waals surface area contributed by atoms with Gasteiger partial charge in [0.05, 0.1) is 6.61 Å². The number of carbonyl (C=O) groups excluding carboxylic acids is 1. The van der Waals surface area contributed by atoms with Crippen molar-refractivity contribution < 1.29 is 19.0 Å². The van der Waals surface area contributed by atoms with Crippen molar-refractivity contribution in [3.05, 3.63) is 0 Å². The van der Waals surface area contributed by atoms with Crippen molar-refractivity contribution in [1.29, 1.82) is 0 Å². The van der Waals surface area contributed by atoms with E-state index in [0.29, 0.717) is 19.6 Å². The molecule has 0 fully saturated rings. The number of aliphatic hydroxyl groups excluding tert-OH is 1. The van der Waals surface area contributed by atoms with Gasteiger partial charge in [-0.05, 0) is 27.2 Å². The van der Waals surface area contributed by atoms with E-state index in [-0.39, 0.29) is 18.7 Å². The summed E-state index contributed by atoms with van der Waals surface area (Å²) in [7, 11) is 0. The second-order valence-corrected chi connectivity index (χ2v) is 5.16. The van der Waals surface area contributed by atoms with Gasteiger partial charge in [0.2, 0.25) is 5.91 Å². The summed E-state index contributed by atoms with van der Waals surface area (Å²) in [4.78, 5) is 10.7. The fraction of sp³-hybridized carbons (Fsp3) is 0.917. The van der Waals surface area contributed by atoms with Crippen LogP contribution in [-0.2, 0) is 9.53 Å². The number of rotatable bonds is 9. The molecular formula is C12H25FN2O3. The summed E-state index contributed by atoms with van der Waals surface area (Å²) in [5.41, 5.74) is -0.0983. The summed E-state index contributed by atoms with van der Waals surface area (Å²) in [6, 6.07) is 0. The van der Waals surface area contributed by atoms with Gasteiger partial charge in [-0.2, -0.15) is 0 Å². The van der Waals surface area contributed by atoms with E-state index >= 15 is 0 Å². The van der Waals surface area contributed by atoms with Crippen LogP contribution in [0.25, 0.3) is 0 Å². The Morgan fingerprint density at radius 1 is 1.44 bits per heavy atom. The number of carbonyl (C=O) groups is 1. The molecule has 0 aliphatic carbocycles. The van der Waals surface area contributed by atoms with Crippen LogP contribution in [0.1, 0.15) is 27.2 Å². The zero-order valence-corrected chi connectivity index (χ0v) is 11.5. The minimum Gasteiger partial charge on any atom is -0.387 e. The molecule has 0 rings (SSSR count). The van der Waals surface area contributed by atoms with Gasteiger partial charge in [0.25, 0.3) is 0 Å². The first kappa shape index (κ1) is 17.3. The van der Waals surface area contributed by atoms with Crippen LogP contribution in [-0.4, -0.2) is 55.6 Å². The quantitative estimate of drug-likeness (QED) is 0.521. The highest BCUT2D eigenvalue weighted by atomic mass is 19.1. The number of ether oxygens (including phenoxy) is 1. The average Bonchev–Trinajstić information content (AvgIpc) is 2.29. The molecule has 1 amide bonds. The molecule has 0 aromatic heterocycles. The fourth-order valence-electron chi connectivity index (χ4n) is 1.15. The minimum atomic E-state index is -1.03. The molecule has 18 heavy (non-hydrogen) atoms. The van der Waals surface area contributed by atoms with Gasteiger partial charge >= 0.3 is 0 Å². The summed E-state index contributed by atoms with van der Waals surface area (Å²) < 4.78 is 18.5. The zero-order chi connectivity index (χ0) is 14.0. The van der Waals surface area contributed by atoms with Crippen LogP contribution in [0.3, 0.4) is 0 Å². The summed E-state index contributed by atoms with van der Waals surface area (Å²) in [6.07, 6.45) is -0.429.